The first-order valence-corrected chi connectivity index (χ1v) is 22.1. The predicted molar refractivity (Wildman–Crippen MR) is 257 cm³/mol. The van der Waals surface area contributed by atoms with Gasteiger partial charge in [0.25, 0.3) is 0 Å². The maximum Gasteiger partial charge on any atom is 0.0582 e. The molecule has 0 radical (unpaired) electrons. The van der Waals surface area contributed by atoms with E-state index in [0.717, 1.165) is 24.2 Å². The van der Waals surface area contributed by atoms with Crippen LogP contribution in [0.2, 0.25) is 0 Å². The summed E-state index contributed by atoms with van der Waals surface area (Å²) < 4.78 is 2.68. The number of para-hydroxylation sites is 1. The highest BCUT2D eigenvalue weighted by Gasteiger charge is 2.44. The van der Waals surface area contributed by atoms with E-state index in [1.807, 2.05) is 0 Å². The molecule has 1 aromatic heterocycles. The highest BCUT2D eigenvalue weighted by molar-refractivity contribution is 5.98. The van der Waals surface area contributed by atoms with Crippen molar-refractivity contribution in [3.8, 4) is 27.9 Å². The molecule has 0 atom stereocenters. The van der Waals surface area contributed by atoms with Crippen LogP contribution in [0.25, 0.3) is 72.0 Å². The molecule has 0 unspecified atom stereocenters. The van der Waals surface area contributed by atoms with Crippen LogP contribution in [-0.4, -0.2) is 4.57 Å². The van der Waals surface area contributed by atoms with Gasteiger partial charge in [0.05, 0.1) is 16.6 Å². The van der Waals surface area contributed by atoms with Gasteiger partial charge in [-0.05, 0) is 145 Å². The zero-order chi connectivity index (χ0) is 41.2. The third-order valence-corrected chi connectivity index (χ3v) is 15.4. The fourth-order valence-electron chi connectivity index (χ4n) is 12.1. The molecule has 0 N–H and O–H groups in total. The molecule has 2 aliphatic heterocycles. The van der Waals surface area contributed by atoms with Crippen molar-refractivity contribution < 1.29 is 0 Å². The molecule has 2 heteroatoms. The highest BCUT2D eigenvalue weighted by Crippen LogP contribution is 2.54. The third-order valence-electron chi connectivity index (χ3n) is 15.4. The standard InChI is InChI=1S/C59H48N2/c1-57(2)48-18-11-17-46-47-31-40(33-53-55(47)61(54(46)48)56-49(57)19-12-20-50(56)58(53,3)4)39-23-27-44-45-28-26-43(34-52(45)59(5,6)51(44)32-39)60(41-24-21-35-13-7-9-15-37(35)29-41)42-25-22-36-14-8-10-16-38(36)30-42/h7-10,12-17,19-34H,11,18H2,1-6H3. The van der Waals surface area contributed by atoms with E-state index in [0.29, 0.717) is 0 Å². The van der Waals surface area contributed by atoms with Crippen molar-refractivity contribution in [1.82, 2.24) is 4.57 Å². The molecule has 2 aliphatic carbocycles. The van der Waals surface area contributed by atoms with E-state index >= 15 is 0 Å². The maximum atomic E-state index is 2.68. The van der Waals surface area contributed by atoms with Crippen molar-refractivity contribution in [3.63, 3.8) is 0 Å². The van der Waals surface area contributed by atoms with Crippen molar-refractivity contribution in [1.29, 1.82) is 0 Å². The Kier molecular flexibility index (Phi) is 6.80. The zero-order valence-corrected chi connectivity index (χ0v) is 35.8. The minimum absolute atomic E-state index is 0.00242. The van der Waals surface area contributed by atoms with Gasteiger partial charge >= 0.3 is 0 Å². The van der Waals surface area contributed by atoms with Crippen LogP contribution in [-0.2, 0) is 16.2 Å². The quantitative estimate of drug-likeness (QED) is 0.173. The average molecular weight is 785 g/mol. The number of hydrogen-bond acceptors (Lipinski definition) is 1. The van der Waals surface area contributed by atoms with Gasteiger partial charge in [-0.3, -0.25) is 0 Å². The molecule has 0 bridgehead atoms. The Morgan fingerprint density at radius 2 is 1.02 bits per heavy atom. The zero-order valence-electron chi connectivity index (χ0n) is 35.8. The number of hydrogen-bond donors (Lipinski definition) is 0. The SMILES string of the molecule is CC1(C)C2=c3c(c4cc(-c5ccc6c(c5)C(C)(C)c5cc(N(c7ccc8ccccc8c7)c7ccc8ccccc8c7)ccc5-6)cc5c4n3-c3c1cccc3C5(C)C)=CCC2. The average Bonchev–Trinajstić information content (AvgIpc) is 3.73. The van der Waals surface area contributed by atoms with Crippen molar-refractivity contribution in [2.45, 2.75) is 70.6 Å². The number of rotatable bonds is 4. The molecule has 4 aliphatic rings. The molecule has 0 saturated carbocycles. The lowest BCUT2D eigenvalue weighted by Gasteiger charge is -2.42. The summed E-state index contributed by atoms with van der Waals surface area (Å²) >= 11 is 0. The van der Waals surface area contributed by atoms with Crippen LogP contribution in [0.5, 0.6) is 0 Å². The lowest BCUT2D eigenvalue weighted by Crippen LogP contribution is -2.45. The van der Waals surface area contributed by atoms with Crippen molar-refractivity contribution in [2.24, 2.45) is 0 Å². The second-order valence-corrected chi connectivity index (χ2v) is 19.7. The summed E-state index contributed by atoms with van der Waals surface area (Å²) in [6.07, 6.45) is 4.75. The minimum Gasteiger partial charge on any atom is -0.310 e. The highest BCUT2D eigenvalue weighted by atomic mass is 15.1. The summed E-state index contributed by atoms with van der Waals surface area (Å²) in [5, 5.41) is 9.28. The third kappa shape index (κ3) is 4.58. The fraction of sp³-hybridized carbons (Fsp3) is 0.186. The fourth-order valence-corrected chi connectivity index (χ4v) is 12.1. The van der Waals surface area contributed by atoms with Crippen LogP contribution in [0.15, 0.2) is 152 Å². The number of aromatic nitrogens is 1. The van der Waals surface area contributed by atoms with E-state index in [9.17, 15) is 0 Å². The van der Waals surface area contributed by atoms with E-state index in [1.165, 1.54) is 104 Å². The lowest BCUT2D eigenvalue weighted by atomic mass is 9.67. The normalized spacial score (nSPS) is 16.7. The molecule has 0 fully saturated rings. The number of nitrogens with zero attached hydrogens (tertiary/aromatic N) is 2. The van der Waals surface area contributed by atoms with E-state index in [-0.39, 0.29) is 16.2 Å². The second kappa shape index (κ2) is 11.8. The Labute approximate surface area is 357 Å². The van der Waals surface area contributed by atoms with E-state index in [4.69, 9.17) is 0 Å². The summed E-state index contributed by atoms with van der Waals surface area (Å²) in [5.74, 6) is 0. The first-order chi connectivity index (χ1) is 29.5. The van der Waals surface area contributed by atoms with Crippen LogP contribution < -0.4 is 15.5 Å². The first-order valence-electron chi connectivity index (χ1n) is 22.1. The van der Waals surface area contributed by atoms with Gasteiger partial charge in [-0.1, -0.05) is 145 Å². The molecule has 13 rings (SSSR count). The van der Waals surface area contributed by atoms with E-state index in [2.05, 4.69) is 209 Å². The molecule has 294 valence electrons. The summed E-state index contributed by atoms with van der Waals surface area (Å²) in [6, 6.07) is 57.7. The van der Waals surface area contributed by atoms with Gasteiger partial charge in [0, 0.05) is 43.9 Å². The van der Waals surface area contributed by atoms with Crippen molar-refractivity contribution in [2.75, 3.05) is 4.90 Å². The molecule has 0 spiro atoms. The monoisotopic (exact) mass is 784 g/mol. The molecule has 0 amide bonds. The summed E-state index contributed by atoms with van der Waals surface area (Å²) in [6.45, 7) is 14.7. The summed E-state index contributed by atoms with van der Waals surface area (Å²) in [7, 11) is 0. The Morgan fingerprint density at radius 1 is 0.459 bits per heavy atom. The topological polar surface area (TPSA) is 8.17 Å². The maximum absolute atomic E-state index is 2.68. The molecular formula is C59H48N2. The lowest BCUT2D eigenvalue weighted by molar-refractivity contribution is 0.591. The molecule has 9 aromatic rings. The minimum atomic E-state index is -0.202. The van der Waals surface area contributed by atoms with Crippen molar-refractivity contribution in [3.05, 3.63) is 190 Å². The van der Waals surface area contributed by atoms with Crippen molar-refractivity contribution >= 4 is 61.2 Å². The Balaban J connectivity index is 0.969. The number of benzene rings is 8. The molecule has 3 heterocycles. The number of anilines is 3. The van der Waals surface area contributed by atoms with Crippen LogP contribution in [0, 0.1) is 0 Å². The Bertz CT molecular complexity index is 3490. The van der Waals surface area contributed by atoms with Gasteiger partial charge in [0.15, 0.2) is 0 Å². The van der Waals surface area contributed by atoms with E-state index < -0.39 is 0 Å². The van der Waals surface area contributed by atoms with Crippen LogP contribution in [0.1, 0.15) is 82.2 Å². The Morgan fingerprint density at radius 3 is 1.70 bits per heavy atom. The summed E-state index contributed by atoms with van der Waals surface area (Å²) in [4.78, 5) is 2.44. The predicted octanol–water partition coefficient (Wildman–Crippen LogP) is 14.0. The van der Waals surface area contributed by atoms with Gasteiger partial charge in [-0.25, -0.2) is 0 Å². The van der Waals surface area contributed by atoms with Crippen LogP contribution in [0.4, 0.5) is 17.1 Å². The molecule has 61 heavy (non-hydrogen) atoms. The van der Waals surface area contributed by atoms with E-state index in [1.54, 1.807) is 5.57 Å². The molecule has 2 nitrogen and oxygen atoms in total. The molecule has 8 aromatic carbocycles. The van der Waals surface area contributed by atoms with Gasteiger partial charge in [0.2, 0.25) is 0 Å². The molecular weight excluding hydrogens is 737 g/mol. The number of fused-ring (bicyclic) bond motifs is 6. The van der Waals surface area contributed by atoms with Gasteiger partial charge < -0.3 is 9.47 Å². The van der Waals surface area contributed by atoms with Crippen LogP contribution in [0.3, 0.4) is 0 Å². The first kappa shape index (κ1) is 35.1. The Hall–Kier alpha value is -6.64. The summed E-state index contributed by atoms with van der Waals surface area (Å²) in [5.41, 5.74) is 19.9. The van der Waals surface area contributed by atoms with Gasteiger partial charge in [-0.2, -0.15) is 0 Å². The smallest absolute Gasteiger partial charge is 0.0582 e. The van der Waals surface area contributed by atoms with Crippen LogP contribution >= 0.6 is 0 Å². The second-order valence-electron chi connectivity index (χ2n) is 19.7. The largest absolute Gasteiger partial charge is 0.310 e. The van der Waals surface area contributed by atoms with Gasteiger partial charge in [-0.15, -0.1) is 0 Å². The molecule has 0 saturated heterocycles. The van der Waals surface area contributed by atoms with Gasteiger partial charge in [0.1, 0.15) is 0 Å².